The summed E-state index contributed by atoms with van der Waals surface area (Å²) in [7, 11) is 0. The number of carbonyl (C=O) groups excluding carboxylic acids is 1. The molecule has 0 spiro atoms. The lowest BCUT2D eigenvalue weighted by Gasteiger charge is -2.31. The summed E-state index contributed by atoms with van der Waals surface area (Å²) in [5.41, 5.74) is 0. The van der Waals surface area contributed by atoms with Gasteiger partial charge in [0.2, 0.25) is 5.91 Å². The fraction of sp³-hybridized carbons (Fsp3) is 0.643. The first kappa shape index (κ1) is 14.5. The molecular formula is C14H22N2O2S. The van der Waals surface area contributed by atoms with Crippen LogP contribution < -0.4 is 5.32 Å². The van der Waals surface area contributed by atoms with E-state index in [1.54, 1.807) is 11.3 Å². The van der Waals surface area contributed by atoms with Gasteiger partial charge in [-0.05, 0) is 43.7 Å². The number of rotatable bonds is 5. The third kappa shape index (κ3) is 4.30. The maximum Gasteiger partial charge on any atom is 0.234 e. The molecule has 2 atom stereocenters. The molecule has 0 unspecified atom stereocenters. The lowest BCUT2D eigenvalue weighted by molar-refractivity contribution is -0.123. The van der Waals surface area contributed by atoms with E-state index < -0.39 is 0 Å². The van der Waals surface area contributed by atoms with Crippen molar-refractivity contribution >= 4 is 17.2 Å². The number of amides is 1. The quantitative estimate of drug-likeness (QED) is 0.863. The second-order valence-corrected chi connectivity index (χ2v) is 6.21. The molecule has 1 amide bonds. The van der Waals surface area contributed by atoms with Crippen molar-refractivity contribution in [1.29, 1.82) is 0 Å². The average molecular weight is 282 g/mol. The van der Waals surface area contributed by atoms with Crippen molar-refractivity contribution in [2.75, 3.05) is 26.2 Å². The van der Waals surface area contributed by atoms with Crippen molar-refractivity contribution in [3.8, 4) is 0 Å². The third-order valence-electron chi connectivity index (χ3n) is 3.58. The molecule has 0 saturated carbocycles. The molecule has 2 N–H and O–H groups in total. The number of hydrogen-bond donors (Lipinski definition) is 2. The smallest absolute Gasteiger partial charge is 0.234 e. The molecule has 0 aliphatic carbocycles. The number of piperidine rings is 1. The zero-order valence-electron chi connectivity index (χ0n) is 11.3. The van der Waals surface area contributed by atoms with Crippen LogP contribution in [-0.4, -0.2) is 42.2 Å². The highest BCUT2D eigenvalue weighted by molar-refractivity contribution is 7.10. The highest BCUT2D eigenvalue weighted by Gasteiger charge is 2.21. The Balaban J connectivity index is 1.77. The van der Waals surface area contributed by atoms with Crippen LogP contribution in [0.2, 0.25) is 0 Å². The Bertz CT molecular complexity index is 394. The van der Waals surface area contributed by atoms with Crippen LogP contribution in [0.3, 0.4) is 0 Å². The minimum Gasteiger partial charge on any atom is -0.396 e. The van der Waals surface area contributed by atoms with Crippen LogP contribution in [0, 0.1) is 5.92 Å². The fourth-order valence-corrected chi connectivity index (χ4v) is 3.28. The van der Waals surface area contributed by atoms with E-state index in [-0.39, 0.29) is 18.6 Å². The SMILES string of the molecule is C[C@H](NC(=O)CN1CCC[C@@H](CO)C1)c1cccs1. The van der Waals surface area contributed by atoms with Gasteiger partial charge in [0.15, 0.2) is 0 Å². The molecule has 2 rings (SSSR count). The van der Waals surface area contributed by atoms with E-state index >= 15 is 0 Å². The molecule has 4 nitrogen and oxygen atoms in total. The maximum absolute atomic E-state index is 12.0. The van der Waals surface area contributed by atoms with Crippen molar-refractivity contribution in [3.05, 3.63) is 22.4 Å². The normalized spacial score (nSPS) is 22.1. The number of carbonyl (C=O) groups is 1. The van der Waals surface area contributed by atoms with Gasteiger partial charge in [-0.1, -0.05) is 6.07 Å². The highest BCUT2D eigenvalue weighted by atomic mass is 32.1. The van der Waals surface area contributed by atoms with Crippen LogP contribution in [0.15, 0.2) is 17.5 Å². The molecule has 5 heteroatoms. The summed E-state index contributed by atoms with van der Waals surface area (Å²) in [5, 5.41) is 14.2. The van der Waals surface area contributed by atoms with Crippen LogP contribution in [0.5, 0.6) is 0 Å². The van der Waals surface area contributed by atoms with E-state index in [1.165, 1.54) is 4.88 Å². The average Bonchev–Trinajstić information content (AvgIpc) is 2.92. The Kier molecular flexibility index (Phi) is 5.36. The van der Waals surface area contributed by atoms with E-state index in [0.717, 1.165) is 25.9 Å². The topological polar surface area (TPSA) is 52.6 Å². The summed E-state index contributed by atoms with van der Waals surface area (Å²) in [4.78, 5) is 15.3. The van der Waals surface area contributed by atoms with Gasteiger partial charge in [-0.25, -0.2) is 0 Å². The Morgan fingerprint density at radius 3 is 3.21 bits per heavy atom. The van der Waals surface area contributed by atoms with Gasteiger partial charge in [0.1, 0.15) is 0 Å². The highest BCUT2D eigenvalue weighted by Crippen LogP contribution is 2.18. The number of nitrogens with zero attached hydrogens (tertiary/aromatic N) is 1. The number of likely N-dealkylation sites (tertiary alicyclic amines) is 1. The van der Waals surface area contributed by atoms with Gasteiger partial charge in [0.05, 0.1) is 12.6 Å². The van der Waals surface area contributed by atoms with Gasteiger partial charge in [-0.2, -0.15) is 0 Å². The Morgan fingerprint density at radius 1 is 1.68 bits per heavy atom. The first-order chi connectivity index (χ1) is 9.19. The zero-order valence-corrected chi connectivity index (χ0v) is 12.2. The second kappa shape index (κ2) is 7.03. The fourth-order valence-electron chi connectivity index (χ4n) is 2.54. The monoisotopic (exact) mass is 282 g/mol. The van der Waals surface area contributed by atoms with Gasteiger partial charge in [0.25, 0.3) is 0 Å². The summed E-state index contributed by atoms with van der Waals surface area (Å²) in [6.45, 7) is 4.46. The zero-order chi connectivity index (χ0) is 13.7. The van der Waals surface area contributed by atoms with E-state index in [0.29, 0.717) is 12.5 Å². The molecule has 19 heavy (non-hydrogen) atoms. The van der Waals surface area contributed by atoms with E-state index in [9.17, 15) is 9.90 Å². The number of thiophene rings is 1. The number of aliphatic hydroxyl groups is 1. The second-order valence-electron chi connectivity index (χ2n) is 5.23. The predicted octanol–water partition coefficient (Wildman–Crippen LogP) is 1.63. The summed E-state index contributed by atoms with van der Waals surface area (Å²) >= 11 is 1.66. The lowest BCUT2D eigenvalue weighted by Crippen LogP contribution is -2.43. The third-order valence-corrected chi connectivity index (χ3v) is 4.63. The van der Waals surface area contributed by atoms with Crippen LogP contribution in [-0.2, 0) is 4.79 Å². The van der Waals surface area contributed by atoms with Crippen molar-refractivity contribution in [1.82, 2.24) is 10.2 Å². The molecular weight excluding hydrogens is 260 g/mol. The van der Waals surface area contributed by atoms with Crippen LogP contribution >= 0.6 is 11.3 Å². The van der Waals surface area contributed by atoms with Crippen LogP contribution in [0.1, 0.15) is 30.7 Å². The number of hydrogen-bond acceptors (Lipinski definition) is 4. The molecule has 106 valence electrons. The van der Waals surface area contributed by atoms with E-state index in [1.807, 2.05) is 24.4 Å². The number of aliphatic hydroxyl groups excluding tert-OH is 1. The molecule has 1 aromatic heterocycles. The molecule has 1 aromatic rings. The Morgan fingerprint density at radius 2 is 2.53 bits per heavy atom. The van der Waals surface area contributed by atoms with Gasteiger partial charge in [0, 0.05) is 18.0 Å². The largest absolute Gasteiger partial charge is 0.396 e. The van der Waals surface area contributed by atoms with Crippen molar-refractivity contribution in [3.63, 3.8) is 0 Å². The molecule has 0 bridgehead atoms. The van der Waals surface area contributed by atoms with Crippen molar-refractivity contribution in [2.24, 2.45) is 5.92 Å². The minimum atomic E-state index is 0.0690. The number of nitrogens with one attached hydrogen (secondary N) is 1. The molecule has 0 aromatic carbocycles. The predicted molar refractivity (Wildman–Crippen MR) is 77.1 cm³/mol. The molecule has 1 fully saturated rings. The molecule has 1 aliphatic heterocycles. The standard InChI is InChI=1S/C14H22N2O2S/c1-11(13-5-3-7-19-13)15-14(18)9-16-6-2-4-12(8-16)10-17/h3,5,7,11-12,17H,2,4,6,8-10H2,1H3,(H,15,18)/t11-,12+/m0/s1. The summed E-state index contributed by atoms with van der Waals surface area (Å²) < 4.78 is 0. The lowest BCUT2D eigenvalue weighted by atomic mass is 9.99. The van der Waals surface area contributed by atoms with Gasteiger partial charge in [-0.15, -0.1) is 11.3 Å². The van der Waals surface area contributed by atoms with Crippen molar-refractivity contribution < 1.29 is 9.90 Å². The van der Waals surface area contributed by atoms with Gasteiger partial charge < -0.3 is 10.4 Å². The van der Waals surface area contributed by atoms with E-state index in [2.05, 4.69) is 10.2 Å². The Hall–Kier alpha value is -0.910. The first-order valence-electron chi connectivity index (χ1n) is 6.85. The molecule has 1 aliphatic rings. The summed E-state index contributed by atoms with van der Waals surface area (Å²) in [5.74, 6) is 0.399. The Labute approximate surface area is 118 Å². The molecule has 0 radical (unpaired) electrons. The van der Waals surface area contributed by atoms with Crippen molar-refractivity contribution in [2.45, 2.75) is 25.8 Å². The maximum atomic E-state index is 12.0. The van der Waals surface area contributed by atoms with E-state index in [4.69, 9.17) is 0 Å². The molecule has 2 heterocycles. The first-order valence-corrected chi connectivity index (χ1v) is 7.73. The van der Waals surface area contributed by atoms with Gasteiger partial charge in [-0.3, -0.25) is 9.69 Å². The van der Waals surface area contributed by atoms with Crippen LogP contribution in [0.4, 0.5) is 0 Å². The molecule has 1 saturated heterocycles. The summed E-state index contributed by atoms with van der Waals surface area (Å²) in [6, 6.07) is 4.11. The van der Waals surface area contributed by atoms with Crippen LogP contribution in [0.25, 0.3) is 0 Å². The summed E-state index contributed by atoms with van der Waals surface area (Å²) in [6.07, 6.45) is 2.14. The van der Waals surface area contributed by atoms with Gasteiger partial charge >= 0.3 is 0 Å². The minimum absolute atomic E-state index is 0.0690.